The first-order chi connectivity index (χ1) is 45.2. The number of alkyl halides is 2. The molecule has 8 N–H and O–H groups in total. The molecule has 4 fully saturated rings. The maximum Gasteiger partial charge on any atom is 0.279 e. The minimum atomic E-state index is -1.21. The Morgan fingerprint density at radius 2 is 0.753 bits per heavy atom. The molecule has 0 bridgehead atoms. The Hall–Kier alpha value is -4.99. The van der Waals surface area contributed by atoms with Crippen LogP contribution in [0.5, 0.6) is 0 Å². The molecule has 0 aromatic carbocycles. The van der Waals surface area contributed by atoms with Gasteiger partial charge in [-0.2, -0.15) is 0 Å². The zero-order valence-electron chi connectivity index (χ0n) is 57.4. The normalized spacial score (nSPS) is 27.7. The van der Waals surface area contributed by atoms with Crippen LogP contribution in [0.3, 0.4) is 0 Å². The minimum Gasteiger partial charge on any atom is -0.390 e. The van der Waals surface area contributed by atoms with Crippen LogP contribution in [0.2, 0.25) is 0 Å². The maximum absolute atomic E-state index is 12.0. The summed E-state index contributed by atoms with van der Waals surface area (Å²) in [5, 5.41) is 41.4. The highest BCUT2D eigenvalue weighted by Crippen LogP contribution is 2.46. The number of nitrogens with one attached hydrogen (secondary N) is 4. The maximum atomic E-state index is 12.0. The van der Waals surface area contributed by atoms with Crippen molar-refractivity contribution in [2.45, 2.75) is 150 Å². The zero-order chi connectivity index (χ0) is 71.3. The van der Waals surface area contributed by atoms with E-state index in [4.69, 9.17) is 35.3 Å². The van der Waals surface area contributed by atoms with Crippen LogP contribution < -0.4 is 22.2 Å². The van der Waals surface area contributed by atoms with Gasteiger partial charge in [-0.25, -0.2) is 39.9 Å². The van der Waals surface area contributed by atoms with Crippen molar-refractivity contribution in [3.63, 3.8) is 0 Å². The Morgan fingerprint density at radius 3 is 1.10 bits per heavy atom. The molecule has 12 heterocycles. The fourth-order valence-electron chi connectivity index (χ4n) is 12.0. The number of hydrogen-bond donors (Lipinski definition) is 8. The lowest BCUT2D eigenvalue weighted by atomic mass is 10.0. The van der Waals surface area contributed by atoms with E-state index >= 15 is 0 Å². The molecule has 0 aliphatic carbocycles. The van der Waals surface area contributed by atoms with Gasteiger partial charge < -0.3 is 64.0 Å². The Bertz CT molecular complexity index is 4250. The van der Waals surface area contributed by atoms with Crippen LogP contribution >= 0.6 is 55.1 Å². The number of imidazole rings is 4. The summed E-state index contributed by atoms with van der Waals surface area (Å²) in [4.78, 5) is 92.2. The second-order valence-corrected chi connectivity index (χ2v) is 47.2. The number of methoxy groups -OCH3 is 1. The van der Waals surface area contributed by atoms with E-state index in [-0.39, 0.29) is 80.2 Å². The lowest BCUT2D eigenvalue weighted by Gasteiger charge is -2.20. The van der Waals surface area contributed by atoms with Crippen molar-refractivity contribution >= 4 is 125 Å². The predicted molar refractivity (Wildman–Crippen MR) is 395 cm³/mol. The number of aliphatic hydroxyl groups excluding tert-OH is 4. The number of aryl methyl sites for hydroxylation is 4. The molecule has 8 aromatic rings. The molecule has 4 aliphatic rings. The van der Waals surface area contributed by atoms with Crippen molar-refractivity contribution in [1.29, 1.82) is 0 Å². The Balaban J connectivity index is 0.000000152. The molecular weight excluding hydrogens is 1420 g/mol. The number of ether oxygens (including phenoxy) is 5. The third kappa shape index (κ3) is 17.8. The molecule has 16 atom stereocenters. The monoisotopic (exact) mass is 1510 g/mol. The fourth-order valence-corrected chi connectivity index (χ4v) is 16.9. The molecule has 0 amide bonds. The minimum absolute atomic E-state index is 0.111. The van der Waals surface area contributed by atoms with E-state index in [0.717, 1.165) is 37.5 Å². The van der Waals surface area contributed by atoms with Crippen LogP contribution in [-0.2, 0) is 23.7 Å². The molecule has 4 aliphatic heterocycles. The lowest BCUT2D eigenvalue weighted by molar-refractivity contribution is -0.0496. The highest BCUT2D eigenvalue weighted by Gasteiger charge is 2.48. The first kappa shape index (κ1) is 76.2. The summed E-state index contributed by atoms with van der Waals surface area (Å²) < 4.78 is 36.5. The van der Waals surface area contributed by atoms with Crippen LogP contribution in [0, 0.1) is 33.6 Å². The molecule has 8 aromatic heterocycles. The Kier molecular flexibility index (Phi) is 23.8. The van der Waals surface area contributed by atoms with E-state index in [2.05, 4.69) is 154 Å². The van der Waals surface area contributed by atoms with Crippen molar-refractivity contribution < 1.29 is 44.1 Å². The highest BCUT2D eigenvalue weighted by atomic mass is 79.9. The molecule has 97 heavy (non-hydrogen) atoms. The first-order valence-electron chi connectivity index (χ1n) is 31.8. The average Bonchev–Trinajstić information content (AvgIpc) is 1.65. The molecular formula is C62H94BrClN16O13P4. The Morgan fingerprint density at radius 1 is 0.474 bits per heavy atom. The topological polar surface area (TPSA) is 381 Å². The van der Waals surface area contributed by atoms with Gasteiger partial charge in [0.25, 0.3) is 22.2 Å². The number of rotatable bonds is 17. The van der Waals surface area contributed by atoms with Gasteiger partial charge in [0.2, 0.25) is 0 Å². The number of H-pyrrole nitrogens is 4. The van der Waals surface area contributed by atoms with Crippen LogP contribution in [0.1, 0.15) is 80.8 Å². The number of aliphatic hydroxyl groups is 4. The van der Waals surface area contributed by atoms with Gasteiger partial charge in [0.1, 0.15) is 53.2 Å². The number of nitrogens with zero attached hydrogens (tertiary/aromatic N) is 12. The van der Waals surface area contributed by atoms with Crippen molar-refractivity contribution in [2.24, 2.45) is 5.92 Å². The second-order valence-electron chi connectivity index (χ2n) is 28.4. The summed E-state index contributed by atoms with van der Waals surface area (Å²) >= 11 is 9.93. The summed E-state index contributed by atoms with van der Waals surface area (Å²) in [5.41, 5.74) is 1.68. The molecule has 534 valence electrons. The van der Waals surface area contributed by atoms with Crippen molar-refractivity contribution in [3.8, 4) is 0 Å². The molecule has 12 rings (SSSR count). The van der Waals surface area contributed by atoms with E-state index < -0.39 is 82.1 Å². The third-order valence-electron chi connectivity index (χ3n) is 17.2. The number of halogens is 2. The van der Waals surface area contributed by atoms with E-state index in [1.54, 1.807) is 58.6 Å². The van der Waals surface area contributed by atoms with Gasteiger partial charge in [0.15, 0.2) is 63.3 Å². The lowest BCUT2D eigenvalue weighted by Crippen LogP contribution is -2.33. The molecule has 0 radical (unpaired) electrons. The third-order valence-corrected chi connectivity index (χ3v) is 24.6. The molecule has 0 spiro atoms. The quantitative estimate of drug-likeness (QED) is 0.0431. The molecule has 29 nitrogen and oxygen atoms in total. The Labute approximate surface area is 575 Å². The van der Waals surface area contributed by atoms with Crippen molar-refractivity contribution in [3.05, 3.63) is 90.0 Å². The van der Waals surface area contributed by atoms with Gasteiger partial charge >= 0.3 is 0 Å². The largest absolute Gasteiger partial charge is 0.390 e. The number of hydrogen-bond acceptors (Lipinski definition) is 21. The van der Waals surface area contributed by atoms with Crippen LogP contribution in [0.15, 0.2) is 44.5 Å². The highest BCUT2D eigenvalue weighted by molar-refractivity contribution is 9.09. The summed E-state index contributed by atoms with van der Waals surface area (Å²) in [7, 11) is 1.54. The van der Waals surface area contributed by atoms with Gasteiger partial charge in [-0.05, 0) is 131 Å². The number of fused-ring (bicyclic) bond motifs is 4. The molecule has 0 unspecified atom stereocenters. The van der Waals surface area contributed by atoms with Gasteiger partial charge in [0, 0.05) is 13.0 Å². The fraction of sp³-hybridized carbons (Fsp3) is 0.613. The molecule has 0 saturated carbocycles. The van der Waals surface area contributed by atoms with Gasteiger partial charge in [-0.1, -0.05) is 22.9 Å². The summed E-state index contributed by atoms with van der Waals surface area (Å²) in [6.07, 6.45) is 23.0. The van der Waals surface area contributed by atoms with E-state index in [0.29, 0.717) is 64.2 Å². The average molecular weight is 1510 g/mol. The number of aromatic amines is 4. The second kappa shape index (κ2) is 30.3. The molecule has 4 saturated heterocycles. The SMILES string of the molecule is C=P(C)(C)CC[C@H]1O[C@@H](n2cnc3c(=O)[nH]c(C)nc32)[C@H](Br)[C@@H]1O.C=P(C)(C)CC[C@H]1O[C@@H](n2cnc3c(=O)[nH]c(C)nc32)[C@H](C)[C@@H]1O.C=P(C)(C)CC[C@H]1O[C@@H](n2cnc3c(=O)[nH]c(C)nc32)[C@H](Cl)[C@@H]1O.C=P(C)(C)CC[C@H]1O[C@@H](n2cnc3c(=O)[nH]c(C)nc32)[C@H](OC)[C@@H]1O. The van der Waals surface area contributed by atoms with E-state index in [1.807, 2.05) is 6.92 Å². The van der Waals surface area contributed by atoms with E-state index in [9.17, 15) is 39.6 Å². The zero-order valence-corrected chi connectivity index (χ0v) is 63.3. The van der Waals surface area contributed by atoms with Gasteiger partial charge in [0.05, 0.1) is 66.8 Å². The van der Waals surface area contributed by atoms with Crippen LogP contribution in [0.4, 0.5) is 0 Å². The first-order valence-corrected chi connectivity index (χ1v) is 45.4. The van der Waals surface area contributed by atoms with Gasteiger partial charge in [-0.3, -0.25) is 37.4 Å². The van der Waals surface area contributed by atoms with Crippen LogP contribution in [0.25, 0.3) is 44.7 Å². The molecule has 35 heteroatoms. The van der Waals surface area contributed by atoms with Crippen molar-refractivity contribution in [2.75, 3.05) is 85.1 Å². The summed E-state index contributed by atoms with van der Waals surface area (Å²) in [5.74, 6) is 1.91. The summed E-state index contributed by atoms with van der Waals surface area (Å²) in [6.45, 7) is 21.3. The van der Waals surface area contributed by atoms with Gasteiger partial charge in [-0.15, -0.1) is 64.3 Å². The predicted octanol–water partition coefficient (Wildman–Crippen LogP) is 5.16. The van der Waals surface area contributed by atoms with Crippen LogP contribution in [-0.4, -0.2) is 274 Å². The van der Waals surface area contributed by atoms with Crippen molar-refractivity contribution in [1.82, 2.24) is 78.1 Å². The number of aromatic nitrogens is 16. The standard InChI is InChI=1S/C16H25N4O4P.C16H25N4O3P.C15H22BrN4O3P.C15H22ClN4O3P/c1-9-18-14-11(15(22)19-9)17-8-20(14)16-13(23-2)12(21)10(24-16)6-7-25(3,4)5;1-9-13(21)11(6-7-24(3,4)5)23-16(9)20-8-17-12-14(20)18-10(2)19-15(12)22;2*1-8-18-13-11(14(22)19-8)17-7-20(13)15-10(16)12(21)9(23-15)5-6-24(2,3)4/h8,10,12-13,16,21H,3,6-7H2,1-2,4-5H3,(H,18,19,22);8-9,11,13,16,21H,3,6-7H2,1-2,4-5H3,(H,18,19,22);2*7,9-10,12,15,21H,2,5-6H2,1,3-4H3,(H,18,19,22)/t10-,12-,13-,16-;9-,11-,13+,16-;2*9-,10-,12-,15-/m1111/s1. The summed E-state index contributed by atoms with van der Waals surface area (Å²) in [6, 6.07) is 0. The smallest absolute Gasteiger partial charge is 0.279 e. The van der Waals surface area contributed by atoms with E-state index in [1.165, 1.54) is 19.8 Å².